The van der Waals surface area contributed by atoms with Crippen molar-refractivity contribution >= 4 is 68.2 Å². The second-order valence-corrected chi connectivity index (χ2v) is 11.6. The predicted octanol–water partition coefficient (Wildman–Crippen LogP) is 6.04. The average Bonchev–Trinajstić information content (AvgIpc) is 3.52. The zero-order chi connectivity index (χ0) is 30.3. The molecule has 0 bridgehead atoms. The highest BCUT2D eigenvalue weighted by molar-refractivity contribution is 9.10. The van der Waals surface area contributed by atoms with Gasteiger partial charge in [-0.3, -0.25) is 19.5 Å². The first-order valence-corrected chi connectivity index (χ1v) is 14.7. The maximum Gasteiger partial charge on any atom is 0.338 e. The molecule has 0 aliphatic carbocycles. The summed E-state index contributed by atoms with van der Waals surface area (Å²) in [6.45, 7) is 3.56. The number of carbonyl (C=O) groups is 1. The van der Waals surface area contributed by atoms with Crippen LogP contribution in [0.1, 0.15) is 31.2 Å². The molecule has 4 aromatic rings. The standard InChI is InChI=1S/C28H20BrCl2N3O7S/c1-4-40-27(36)24-13(2)32-28-33(25(24)14-5-7-22(39-3)17(29)9-14)26(35)23(42-28)10-15-6-8-21(41-15)16-11-19(31)20(34(37)38)12-18(16)30/h5-12,25H,4H2,1-3H3/b23-10+/t25-/m1/s1. The molecule has 3 heterocycles. The maximum absolute atomic E-state index is 13.8. The third kappa shape index (κ3) is 5.42. The maximum atomic E-state index is 13.8. The lowest BCUT2D eigenvalue weighted by molar-refractivity contribution is -0.384. The summed E-state index contributed by atoms with van der Waals surface area (Å²) in [6, 6.07) is 10.3. The van der Waals surface area contributed by atoms with Crippen LogP contribution in [0.25, 0.3) is 17.4 Å². The fourth-order valence-electron chi connectivity index (χ4n) is 4.53. The summed E-state index contributed by atoms with van der Waals surface area (Å²) in [5.74, 6) is 0.648. The molecule has 5 rings (SSSR count). The van der Waals surface area contributed by atoms with Crippen molar-refractivity contribution in [3.8, 4) is 17.1 Å². The molecule has 0 amide bonds. The molecular weight excluding hydrogens is 673 g/mol. The number of ether oxygens (including phenoxy) is 2. The number of methoxy groups -OCH3 is 1. The van der Waals surface area contributed by atoms with E-state index in [1.54, 1.807) is 57.4 Å². The number of allylic oxidation sites excluding steroid dienone is 1. The van der Waals surface area contributed by atoms with E-state index in [1.165, 1.54) is 10.6 Å². The zero-order valence-electron chi connectivity index (χ0n) is 22.1. The molecule has 0 spiro atoms. The Kier molecular flexibility index (Phi) is 8.42. The van der Waals surface area contributed by atoms with Crippen molar-refractivity contribution < 1.29 is 23.6 Å². The molecule has 10 nitrogen and oxygen atoms in total. The van der Waals surface area contributed by atoms with E-state index in [-0.39, 0.29) is 33.5 Å². The zero-order valence-corrected chi connectivity index (χ0v) is 26.1. The van der Waals surface area contributed by atoms with E-state index in [2.05, 4.69) is 20.9 Å². The molecule has 0 N–H and O–H groups in total. The number of thiazole rings is 1. The number of carbonyl (C=O) groups excluding carboxylic acids is 1. The lowest BCUT2D eigenvalue weighted by Crippen LogP contribution is -2.39. The van der Waals surface area contributed by atoms with Crippen molar-refractivity contribution in [1.82, 2.24) is 4.57 Å². The highest BCUT2D eigenvalue weighted by Crippen LogP contribution is 2.38. The summed E-state index contributed by atoms with van der Waals surface area (Å²) in [4.78, 5) is 42.5. The lowest BCUT2D eigenvalue weighted by Gasteiger charge is -2.25. The van der Waals surface area contributed by atoms with Crippen LogP contribution in [0.15, 0.2) is 72.4 Å². The first-order valence-electron chi connectivity index (χ1n) is 12.3. The Morgan fingerprint density at radius 1 is 1.24 bits per heavy atom. The van der Waals surface area contributed by atoms with Gasteiger partial charge in [0.05, 0.1) is 50.0 Å². The molecule has 2 aromatic heterocycles. The number of nitro benzene ring substituents is 1. The minimum Gasteiger partial charge on any atom is -0.496 e. The van der Waals surface area contributed by atoms with Gasteiger partial charge in [-0.1, -0.05) is 40.6 Å². The number of benzene rings is 2. The van der Waals surface area contributed by atoms with Crippen LogP contribution in [0.2, 0.25) is 10.0 Å². The van der Waals surface area contributed by atoms with Crippen LogP contribution < -0.4 is 19.6 Å². The normalized spacial score (nSPS) is 14.9. The summed E-state index contributed by atoms with van der Waals surface area (Å²) >= 11 is 17.0. The average molecular weight is 693 g/mol. The Bertz CT molecular complexity index is 1980. The van der Waals surface area contributed by atoms with Crippen LogP contribution in [-0.4, -0.2) is 29.2 Å². The Labute approximate surface area is 260 Å². The third-order valence-electron chi connectivity index (χ3n) is 6.41. The summed E-state index contributed by atoms with van der Waals surface area (Å²) in [5, 5.41) is 11.2. The van der Waals surface area contributed by atoms with Gasteiger partial charge < -0.3 is 13.9 Å². The molecule has 0 unspecified atom stereocenters. The summed E-state index contributed by atoms with van der Waals surface area (Å²) in [6.07, 6.45) is 1.55. The summed E-state index contributed by atoms with van der Waals surface area (Å²) < 4.78 is 19.0. The van der Waals surface area contributed by atoms with Crippen molar-refractivity contribution in [2.75, 3.05) is 13.7 Å². The van der Waals surface area contributed by atoms with Crippen molar-refractivity contribution in [3.63, 3.8) is 0 Å². The first kappa shape index (κ1) is 29.8. The number of rotatable bonds is 7. The topological polar surface area (TPSA) is 126 Å². The SMILES string of the molecule is CCOC(=O)C1=C(C)N=c2s/c(=C/c3ccc(-c4cc(Cl)c([N+](=O)[O-])cc4Cl)o3)c(=O)n2[C@@H]1c1ccc(OC)c(Br)c1. The van der Waals surface area contributed by atoms with E-state index in [9.17, 15) is 19.7 Å². The van der Waals surface area contributed by atoms with Gasteiger partial charge in [-0.15, -0.1) is 0 Å². The van der Waals surface area contributed by atoms with Gasteiger partial charge in [0.25, 0.3) is 11.2 Å². The molecule has 0 radical (unpaired) electrons. The van der Waals surface area contributed by atoms with Crippen LogP contribution in [0.3, 0.4) is 0 Å². The first-order chi connectivity index (χ1) is 20.0. The molecule has 1 aliphatic rings. The van der Waals surface area contributed by atoms with E-state index in [1.807, 2.05) is 0 Å². The predicted molar refractivity (Wildman–Crippen MR) is 162 cm³/mol. The molecule has 1 atom stereocenters. The van der Waals surface area contributed by atoms with Crippen LogP contribution in [0, 0.1) is 10.1 Å². The van der Waals surface area contributed by atoms with Crippen LogP contribution in [0.5, 0.6) is 5.75 Å². The largest absolute Gasteiger partial charge is 0.496 e. The van der Waals surface area contributed by atoms with E-state index < -0.39 is 16.9 Å². The highest BCUT2D eigenvalue weighted by Gasteiger charge is 2.33. The Morgan fingerprint density at radius 3 is 2.67 bits per heavy atom. The highest BCUT2D eigenvalue weighted by atomic mass is 79.9. The molecular formula is C28H20BrCl2N3O7S. The van der Waals surface area contributed by atoms with Gasteiger partial charge in [-0.25, -0.2) is 9.79 Å². The number of nitrogens with zero attached hydrogens (tertiary/aromatic N) is 3. The molecule has 216 valence electrons. The number of aromatic nitrogens is 1. The van der Waals surface area contributed by atoms with Gasteiger partial charge in [-0.05, 0) is 65.7 Å². The van der Waals surface area contributed by atoms with Crippen LogP contribution >= 0.6 is 50.5 Å². The summed E-state index contributed by atoms with van der Waals surface area (Å²) in [7, 11) is 1.54. The number of halogens is 3. The molecule has 2 aromatic carbocycles. The number of nitro groups is 1. The van der Waals surface area contributed by atoms with Crippen molar-refractivity contribution in [2.45, 2.75) is 19.9 Å². The Balaban J connectivity index is 1.63. The van der Waals surface area contributed by atoms with Crippen molar-refractivity contribution in [3.05, 3.63) is 109 Å². The monoisotopic (exact) mass is 691 g/mol. The molecule has 1 aliphatic heterocycles. The number of hydrogen-bond acceptors (Lipinski definition) is 9. The molecule has 14 heteroatoms. The minimum atomic E-state index is -0.808. The summed E-state index contributed by atoms with van der Waals surface area (Å²) in [5.41, 5.74) is 0.973. The number of fused-ring (bicyclic) bond motifs is 1. The Hall–Kier alpha value is -3.71. The number of esters is 1. The number of hydrogen-bond donors (Lipinski definition) is 0. The van der Waals surface area contributed by atoms with Crippen LogP contribution in [0.4, 0.5) is 5.69 Å². The van der Waals surface area contributed by atoms with Crippen molar-refractivity contribution in [1.29, 1.82) is 0 Å². The quantitative estimate of drug-likeness (QED) is 0.131. The minimum absolute atomic E-state index is 0.0824. The van der Waals surface area contributed by atoms with Gasteiger partial charge >= 0.3 is 5.97 Å². The molecule has 42 heavy (non-hydrogen) atoms. The third-order valence-corrected chi connectivity index (χ3v) is 8.63. The Morgan fingerprint density at radius 2 is 2.00 bits per heavy atom. The second kappa shape index (κ2) is 11.9. The van der Waals surface area contributed by atoms with Gasteiger partial charge in [0.15, 0.2) is 4.80 Å². The molecule has 0 saturated heterocycles. The van der Waals surface area contributed by atoms with E-state index in [0.717, 1.165) is 17.4 Å². The van der Waals surface area contributed by atoms with Gasteiger partial charge in [0, 0.05) is 17.7 Å². The van der Waals surface area contributed by atoms with Gasteiger partial charge in [0.1, 0.15) is 22.3 Å². The van der Waals surface area contributed by atoms with Crippen molar-refractivity contribution in [2.24, 2.45) is 4.99 Å². The fraction of sp³-hybridized carbons (Fsp3) is 0.179. The van der Waals surface area contributed by atoms with E-state index in [4.69, 9.17) is 37.1 Å². The molecule has 0 fully saturated rings. The lowest BCUT2D eigenvalue weighted by atomic mass is 9.96. The number of furan rings is 1. The van der Waals surface area contributed by atoms with E-state index in [0.29, 0.717) is 47.9 Å². The van der Waals surface area contributed by atoms with Gasteiger partial charge in [-0.2, -0.15) is 0 Å². The fourth-order valence-corrected chi connectivity index (χ4v) is 6.60. The second-order valence-electron chi connectivity index (χ2n) is 8.94. The van der Waals surface area contributed by atoms with E-state index >= 15 is 0 Å². The van der Waals surface area contributed by atoms with Gasteiger partial charge in [0.2, 0.25) is 0 Å². The van der Waals surface area contributed by atoms with Crippen LogP contribution in [-0.2, 0) is 9.53 Å². The smallest absolute Gasteiger partial charge is 0.338 e. The molecule has 0 saturated carbocycles.